The van der Waals surface area contributed by atoms with Crippen molar-refractivity contribution in [1.82, 2.24) is 5.32 Å². The van der Waals surface area contributed by atoms with Crippen molar-refractivity contribution in [2.24, 2.45) is 5.41 Å². The van der Waals surface area contributed by atoms with Gasteiger partial charge in [0.25, 0.3) is 0 Å². The minimum absolute atomic E-state index is 0.0679. The highest BCUT2D eigenvalue weighted by atomic mass is 16.5. The number of rotatable bonds is 6. The second-order valence-corrected chi connectivity index (χ2v) is 5.23. The van der Waals surface area contributed by atoms with Crippen LogP contribution in [0.3, 0.4) is 0 Å². The van der Waals surface area contributed by atoms with Gasteiger partial charge in [0.05, 0.1) is 7.11 Å². The van der Waals surface area contributed by atoms with Crippen LogP contribution in [0.2, 0.25) is 0 Å². The quantitative estimate of drug-likeness (QED) is 0.796. The molecule has 0 unspecified atom stereocenters. The first-order chi connectivity index (χ1) is 7.98. The van der Waals surface area contributed by atoms with Crippen molar-refractivity contribution < 1.29 is 9.84 Å². The molecule has 0 aliphatic rings. The fraction of sp³-hybridized carbons (Fsp3) is 0.571. The van der Waals surface area contributed by atoms with E-state index < -0.39 is 0 Å². The monoisotopic (exact) mass is 237 g/mol. The van der Waals surface area contributed by atoms with Gasteiger partial charge in [-0.05, 0) is 24.1 Å². The number of hydrogen-bond acceptors (Lipinski definition) is 3. The average molecular weight is 237 g/mol. The zero-order chi connectivity index (χ0) is 12.9. The van der Waals surface area contributed by atoms with Gasteiger partial charge in [0, 0.05) is 25.1 Å². The Morgan fingerprint density at radius 1 is 1.35 bits per heavy atom. The van der Waals surface area contributed by atoms with Gasteiger partial charge >= 0.3 is 0 Å². The summed E-state index contributed by atoms with van der Waals surface area (Å²) in [5, 5.41) is 12.5. The Hall–Kier alpha value is -1.06. The van der Waals surface area contributed by atoms with E-state index in [2.05, 4.69) is 17.4 Å². The zero-order valence-electron chi connectivity index (χ0n) is 11.2. The lowest BCUT2D eigenvalue weighted by Gasteiger charge is -2.22. The molecule has 2 N–H and O–H groups in total. The van der Waals surface area contributed by atoms with Crippen LogP contribution in [0.25, 0.3) is 0 Å². The van der Waals surface area contributed by atoms with Crippen molar-refractivity contribution in [3.05, 3.63) is 29.3 Å². The van der Waals surface area contributed by atoms with Crippen LogP contribution in [0, 0.1) is 12.3 Å². The van der Waals surface area contributed by atoms with Gasteiger partial charge in [0.1, 0.15) is 5.75 Å². The molecule has 0 heterocycles. The van der Waals surface area contributed by atoms with E-state index in [1.165, 1.54) is 5.56 Å². The van der Waals surface area contributed by atoms with Crippen LogP contribution in [0.15, 0.2) is 18.2 Å². The predicted molar refractivity (Wildman–Crippen MR) is 70.3 cm³/mol. The molecule has 1 aromatic rings. The third-order valence-corrected chi connectivity index (χ3v) is 2.82. The van der Waals surface area contributed by atoms with Gasteiger partial charge in [0.15, 0.2) is 0 Å². The summed E-state index contributed by atoms with van der Waals surface area (Å²) in [6.45, 7) is 7.93. The second-order valence-electron chi connectivity index (χ2n) is 5.23. The highest BCUT2D eigenvalue weighted by Crippen LogP contribution is 2.18. The molecule has 0 bridgehead atoms. The van der Waals surface area contributed by atoms with Gasteiger partial charge < -0.3 is 15.2 Å². The molecule has 0 atom stereocenters. The summed E-state index contributed by atoms with van der Waals surface area (Å²) in [5.74, 6) is 0.921. The largest absolute Gasteiger partial charge is 0.496 e. The highest BCUT2D eigenvalue weighted by Gasteiger charge is 2.15. The first-order valence-corrected chi connectivity index (χ1v) is 5.93. The van der Waals surface area contributed by atoms with Gasteiger partial charge in [-0.1, -0.05) is 26.0 Å². The van der Waals surface area contributed by atoms with Crippen LogP contribution in [-0.2, 0) is 6.54 Å². The van der Waals surface area contributed by atoms with E-state index in [0.717, 1.165) is 24.4 Å². The first kappa shape index (κ1) is 14.0. The highest BCUT2D eigenvalue weighted by molar-refractivity contribution is 5.36. The van der Waals surface area contributed by atoms with E-state index in [0.29, 0.717) is 0 Å². The van der Waals surface area contributed by atoms with E-state index in [1.54, 1.807) is 7.11 Å². The van der Waals surface area contributed by atoms with Crippen molar-refractivity contribution in [2.75, 3.05) is 20.3 Å². The van der Waals surface area contributed by atoms with Crippen LogP contribution < -0.4 is 10.1 Å². The normalized spacial score (nSPS) is 11.6. The maximum Gasteiger partial charge on any atom is 0.121 e. The van der Waals surface area contributed by atoms with Gasteiger partial charge in [-0.25, -0.2) is 0 Å². The third-order valence-electron chi connectivity index (χ3n) is 2.82. The van der Waals surface area contributed by atoms with Crippen molar-refractivity contribution in [3.63, 3.8) is 0 Å². The molecule has 0 fully saturated rings. The third kappa shape index (κ3) is 4.36. The lowest BCUT2D eigenvalue weighted by molar-refractivity contribution is 0.156. The fourth-order valence-corrected chi connectivity index (χ4v) is 1.65. The number of hydrogen-bond donors (Lipinski definition) is 2. The minimum Gasteiger partial charge on any atom is -0.496 e. The first-order valence-electron chi connectivity index (χ1n) is 5.93. The Labute approximate surface area is 104 Å². The molecule has 3 nitrogen and oxygen atoms in total. The Kier molecular flexibility index (Phi) is 4.97. The van der Waals surface area contributed by atoms with Gasteiger partial charge in [0.2, 0.25) is 0 Å². The van der Waals surface area contributed by atoms with Crippen LogP contribution in [0.4, 0.5) is 0 Å². The van der Waals surface area contributed by atoms with E-state index in [4.69, 9.17) is 9.84 Å². The van der Waals surface area contributed by atoms with Crippen LogP contribution >= 0.6 is 0 Å². The van der Waals surface area contributed by atoms with Crippen molar-refractivity contribution in [2.45, 2.75) is 27.3 Å². The lowest BCUT2D eigenvalue weighted by Crippen LogP contribution is -2.31. The van der Waals surface area contributed by atoms with Crippen molar-refractivity contribution in [1.29, 1.82) is 0 Å². The number of ether oxygens (including phenoxy) is 1. The van der Waals surface area contributed by atoms with Gasteiger partial charge in [-0.15, -0.1) is 0 Å². The molecule has 0 saturated carbocycles. The summed E-state index contributed by atoms with van der Waals surface area (Å²) in [6.07, 6.45) is 0. The van der Waals surface area contributed by atoms with Crippen LogP contribution in [0.5, 0.6) is 5.75 Å². The van der Waals surface area contributed by atoms with Crippen LogP contribution in [0.1, 0.15) is 25.0 Å². The van der Waals surface area contributed by atoms with E-state index in [9.17, 15) is 0 Å². The van der Waals surface area contributed by atoms with Gasteiger partial charge in [-0.2, -0.15) is 0 Å². The molecular formula is C14H23NO2. The SMILES string of the molecule is COc1ccc(CNCC(C)(C)CO)cc1C. The molecule has 0 aromatic heterocycles. The molecule has 1 rings (SSSR count). The molecule has 0 spiro atoms. The van der Waals surface area contributed by atoms with Crippen molar-refractivity contribution >= 4 is 0 Å². The second kappa shape index (κ2) is 6.03. The molecule has 1 aromatic carbocycles. The Bertz CT molecular complexity index is 361. The summed E-state index contributed by atoms with van der Waals surface area (Å²) < 4.78 is 5.22. The Balaban J connectivity index is 2.50. The number of aryl methyl sites for hydroxylation is 1. The molecule has 0 saturated heterocycles. The Morgan fingerprint density at radius 3 is 2.59 bits per heavy atom. The summed E-state index contributed by atoms with van der Waals surface area (Å²) in [5.41, 5.74) is 2.31. The van der Waals surface area contributed by atoms with E-state index in [1.807, 2.05) is 26.8 Å². The minimum atomic E-state index is -0.0679. The summed E-state index contributed by atoms with van der Waals surface area (Å²) in [4.78, 5) is 0. The van der Waals surface area contributed by atoms with Crippen molar-refractivity contribution in [3.8, 4) is 5.75 Å². The standard InChI is InChI=1S/C14H23NO2/c1-11-7-12(5-6-13(11)17-4)8-15-9-14(2,3)10-16/h5-7,15-16H,8-10H2,1-4H3. The number of methoxy groups -OCH3 is 1. The predicted octanol–water partition coefficient (Wildman–Crippen LogP) is 2.11. The molecular weight excluding hydrogens is 214 g/mol. The number of nitrogens with one attached hydrogen (secondary N) is 1. The smallest absolute Gasteiger partial charge is 0.121 e. The zero-order valence-corrected chi connectivity index (χ0v) is 11.2. The molecule has 0 amide bonds. The van der Waals surface area contributed by atoms with E-state index in [-0.39, 0.29) is 12.0 Å². The van der Waals surface area contributed by atoms with Gasteiger partial charge in [-0.3, -0.25) is 0 Å². The molecule has 96 valence electrons. The summed E-state index contributed by atoms with van der Waals surface area (Å²) in [6, 6.07) is 6.17. The lowest BCUT2D eigenvalue weighted by atomic mass is 9.95. The summed E-state index contributed by atoms with van der Waals surface area (Å²) >= 11 is 0. The molecule has 17 heavy (non-hydrogen) atoms. The summed E-state index contributed by atoms with van der Waals surface area (Å²) in [7, 11) is 1.68. The van der Waals surface area contributed by atoms with Crippen LogP contribution in [-0.4, -0.2) is 25.4 Å². The molecule has 3 heteroatoms. The maximum absolute atomic E-state index is 9.15. The number of benzene rings is 1. The molecule has 0 radical (unpaired) electrons. The fourth-order valence-electron chi connectivity index (χ4n) is 1.65. The number of aliphatic hydroxyl groups is 1. The Morgan fingerprint density at radius 2 is 2.06 bits per heavy atom. The maximum atomic E-state index is 9.15. The molecule has 0 aliphatic carbocycles. The number of aliphatic hydroxyl groups excluding tert-OH is 1. The average Bonchev–Trinajstić information content (AvgIpc) is 2.29. The van der Waals surface area contributed by atoms with E-state index >= 15 is 0 Å². The molecule has 0 aliphatic heterocycles. The topological polar surface area (TPSA) is 41.5 Å².